The van der Waals surface area contributed by atoms with Crippen molar-refractivity contribution in [2.75, 3.05) is 0 Å². The molecule has 6 nitrogen and oxygen atoms in total. The van der Waals surface area contributed by atoms with Crippen LogP contribution >= 0.6 is 0 Å². The van der Waals surface area contributed by atoms with Crippen molar-refractivity contribution in [1.29, 1.82) is 0 Å². The molecule has 2 aromatic rings. The largest absolute Gasteiger partial charge is 0.511 e. The average Bonchev–Trinajstić information content (AvgIpc) is 2.65. The van der Waals surface area contributed by atoms with E-state index in [2.05, 4.69) is 9.84 Å². The lowest BCUT2D eigenvalue weighted by molar-refractivity contribution is 0.144. The van der Waals surface area contributed by atoms with Gasteiger partial charge in [-0.3, -0.25) is 0 Å². The smallest absolute Gasteiger partial charge is 0.508 e. The molecule has 1 aromatic heterocycles. The van der Waals surface area contributed by atoms with Crippen molar-refractivity contribution in [3.05, 3.63) is 36.7 Å². The summed E-state index contributed by atoms with van der Waals surface area (Å²) in [4.78, 5) is 10.3. The van der Waals surface area contributed by atoms with Gasteiger partial charge in [-0.2, -0.15) is 5.10 Å². The average molecular weight is 220 g/mol. The van der Waals surface area contributed by atoms with E-state index in [1.807, 2.05) is 0 Å². The van der Waals surface area contributed by atoms with Crippen molar-refractivity contribution < 1.29 is 19.7 Å². The van der Waals surface area contributed by atoms with Crippen LogP contribution in [0, 0.1) is 0 Å². The second-order valence-electron chi connectivity index (χ2n) is 3.01. The lowest BCUT2D eigenvalue weighted by atomic mass is 10.3. The van der Waals surface area contributed by atoms with Gasteiger partial charge < -0.3 is 14.9 Å². The van der Waals surface area contributed by atoms with Gasteiger partial charge in [-0.25, -0.2) is 9.48 Å². The normalized spacial score (nSPS) is 10.0. The number of aromatic nitrogens is 2. The zero-order chi connectivity index (χ0) is 11.5. The van der Waals surface area contributed by atoms with Crippen LogP contribution in [0.2, 0.25) is 0 Å². The summed E-state index contributed by atoms with van der Waals surface area (Å²) < 4.78 is 5.82. The molecule has 0 fully saturated rings. The van der Waals surface area contributed by atoms with Gasteiger partial charge in [-0.1, -0.05) is 6.07 Å². The molecule has 16 heavy (non-hydrogen) atoms. The Morgan fingerprint density at radius 3 is 2.94 bits per heavy atom. The molecule has 0 aliphatic carbocycles. The molecule has 0 spiro atoms. The number of phenolic OH excluding ortho intramolecular Hbond substituents is 1. The Kier molecular flexibility index (Phi) is 2.47. The lowest BCUT2D eigenvalue weighted by Crippen LogP contribution is -2.01. The first-order valence-electron chi connectivity index (χ1n) is 4.40. The number of rotatable bonds is 2. The van der Waals surface area contributed by atoms with Crippen molar-refractivity contribution in [1.82, 2.24) is 9.78 Å². The van der Waals surface area contributed by atoms with Crippen LogP contribution in [0.15, 0.2) is 36.7 Å². The van der Waals surface area contributed by atoms with E-state index in [4.69, 9.17) is 5.11 Å². The Morgan fingerprint density at radius 2 is 2.25 bits per heavy atom. The van der Waals surface area contributed by atoms with Crippen LogP contribution in [0.4, 0.5) is 4.79 Å². The molecule has 1 heterocycles. The van der Waals surface area contributed by atoms with E-state index in [1.165, 1.54) is 29.2 Å². The number of hydrogen-bond donors (Lipinski definition) is 2. The Balaban J connectivity index is 2.28. The number of aromatic hydroxyl groups is 1. The topological polar surface area (TPSA) is 84.6 Å². The third-order valence-electron chi connectivity index (χ3n) is 1.86. The van der Waals surface area contributed by atoms with E-state index in [1.54, 1.807) is 12.1 Å². The maximum atomic E-state index is 10.3. The molecule has 0 unspecified atom stereocenters. The molecule has 0 aliphatic rings. The summed E-state index contributed by atoms with van der Waals surface area (Å²) >= 11 is 0. The minimum Gasteiger partial charge on any atom is -0.508 e. The van der Waals surface area contributed by atoms with Crippen molar-refractivity contribution in [3.8, 4) is 17.2 Å². The van der Waals surface area contributed by atoms with Crippen LogP contribution in [0.3, 0.4) is 0 Å². The summed E-state index contributed by atoms with van der Waals surface area (Å²) in [7, 11) is 0. The fourth-order valence-corrected chi connectivity index (χ4v) is 1.24. The van der Waals surface area contributed by atoms with Crippen molar-refractivity contribution in [2.24, 2.45) is 0 Å². The summed E-state index contributed by atoms with van der Waals surface area (Å²) in [6.07, 6.45) is 1.29. The maximum Gasteiger partial charge on any atom is 0.511 e. The number of phenols is 1. The van der Waals surface area contributed by atoms with Crippen LogP contribution in [0.5, 0.6) is 11.5 Å². The van der Waals surface area contributed by atoms with Gasteiger partial charge in [0.1, 0.15) is 5.75 Å². The second kappa shape index (κ2) is 3.93. The van der Waals surface area contributed by atoms with Crippen LogP contribution in [-0.2, 0) is 0 Å². The standard InChI is InChI=1S/C10H8N2O4/c13-8-3-1-2-7(4-8)12-6-9(5-11-12)16-10(14)15/h1-6,13H,(H,14,15). The molecule has 0 saturated heterocycles. The molecular weight excluding hydrogens is 212 g/mol. The number of nitrogens with zero attached hydrogens (tertiary/aromatic N) is 2. The van der Waals surface area contributed by atoms with E-state index in [9.17, 15) is 9.90 Å². The lowest BCUT2D eigenvalue weighted by Gasteiger charge is -2.00. The summed E-state index contributed by atoms with van der Waals surface area (Å²) in [6, 6.07) is 6.40. The molecule has 2 N–H and O–H groups in total. The molecule has 1 aromatic carbocycles. The molecular formula is C10H8N2O4. The third-order valence-corrected chi connectivity index (χ3v) is 1.86. The highest BCUT2D eigenvalue weighted by molar-refractivity contribution is 5.60. The fraction of sp³-hybridized carbons (Fsp3) is 0. The molecule has 0 bridgehead atoms. The van der Waals surface area contributed by atoms with E-state index in [-0.39, 0.29) is 11.5 Å². The first kappa shape index (κ1) is 10.0. The molecule has 0 amide bonds. The van der Waals surface area contributed by atoms with Gasteiger partial charge in [0.25, 0.3) is 0 Å². The number of benzene rings is 1. The van der Waals surface area contributed by atoms with Gasteiger partial charge in [-0.05, 0) is 12.1 Å². The Morgan fingerprint density at radius 1 is 1.44 bits per heavy atom. The number of hydrogen-bond acceptors (Lipinski definition) is 4. The monoisotopic (exact) mass is 220 g/mol. The zero-order valence-corrected chi connectivity index (χ0v) is 8.07. The first-order valence-corrected chi connectivity index (χ1v) is 4.40. The number of ether oxygens (including phenoxy) is 1. The van der Waals surface area contributed by atoms with E-state index >= 15 is 0 Å². The molecule has 6 heteroatoms. The van der Waals surface area contributed by atoms with E-state index < -0.39 is 6.16 Å². The van der Waals surface area contributed by atoms with Gasteiger partial charge in [0, 0.05) is 6.07 Å². The van der Waals surface area contributed by atoms with Crippen LogP contribution in [-0.4, -0.2) is 26.1 Å². The van der Waals surface area contributed by atoms with Gasteiger partial charge in [0.15, 0.2) is 5.75 Å². The second-order valence-corrected chi connectivity index (χ2v) is 3.01. The highest BCUT2D eigenvalue weighted by atomic mass is 16.7. The minimum absolute atomic E-state index is 0.105. The van der Waals surface area contributed by atoms with Crippen molar-refractivity contribution in [3.63, 3.8) is 0 Å². The summed E-state index contributed by atoms with van der Waals surface area (Å²) in [5.41, 5.74) is 0.611. The highest BCUT2D eigenvalue weighted by Gasteiger charge is 2.05. The molecule has 2 rings (SSSR count). The van der Waals surface area contributed by atoms with Crippen LogP contribution in [0.25, 0.3) is 5.69 Å². The first-order chi connectivity index (χ1) is 7.65. The Bertz CT molecular complexity index is 521. The molecule has 82 valence electrons. The molecule has 0 atom stereocenters. The quantitative estimate of drug-likeness (QED) is 0.751. The van der Waals surface area contributed by atoms with Gasteiger partial charge in [0.2, 0.25) is 0 Å². The molecule has 0 saturated carbocycles. The van der Waals surface area contributed by atoms with E-state index in [0.29, 0.717) is 5.69 Å². The minimum atomic E-state index is -1.39. The summed E-state index contributed by atoms with van der Waals surface area (Å²) in [6.45, 7) is 0. The van der Waals surface area contributed by atoms with Crippen molar-refractivity contribution in [2.45, 2.75) is 0 Å². The number of carboxylic acid groups (broad SMARTS) is 1. The molecule has 0 radical (unpaired) electrons. The number of carbonyl (C=O) groups is 1. The zero-order valence-electron chi connectivity index (χ0n) is 8.07. The Hall–Kier alpha value is -2.50. The molecule has 0 aliphatic heterocycles. The van der Waals surface area contributed by atoms with Gasteiger partial charge in [0.05, 0.1) is 18.1 Å². The summed E-state index contributed by atoms with van der Waals surface area (Å²) in [5, 5.41) is 21.5. The van der Waals surface area contributed by atoms with Gasteiger partial charge >= 0.3 is 6.16 Å². The third kappa shape index (κ3) is 2.11. The predicted molar refractivity (Wildman–Crippen MR) is 53.9 cm³/mol. The SMILES string of the molecule is O=C(O)Oc1cnn(-c2cccc(O)c2)c1. The van der Waals surface area contributed by atoms with Crippen LogP contribution < -0.4 is 4.74 Å². The highest BCUT2D eigenvalue weighted by Crippen LogP contribution is 2.17. The van der Waals surface area contributed by atoms with E-state index in [0.717, 1.165) is 0 Å². The fourth-order valence-electron chi connectivity index (χ4n) is 1.24. The predicted octanol–water partition coefficient (Wildman–Crippen LogP) is 1.63. The van der Waals surface area contributed by atoms with Gasteiger partial charge in [-0.15, -0.1) is 0 Å². The summed E-state index contributed by atoms with van der Waals surface area (Å²) in [5.74, 6) is 0.226. The van der Waals surface area contributed by atoms with Crippen molar-refractivity contribution >= 4 is 6.16 Å². The Labute approximate surface area is 90.3 Å². The maximum absolute atomic E-state index is 10.3. The van der Waals surface area contributed by atoms with Crippen LogP contribution in [0.1, 0.15) is 0 Å².